The Bertz CT molecular complexity index is 478. The van der Waals surface area contributed by atoms with Gasteiger partial charge in [0, 0.05) is 25.3 Å². The number of carboxylic acid groups (broad SMARTS) is 1. The summed E-state index contributed by atoms with van der Waals surface area (Å²) < 4.78 is 27.4. The lowest BCUT2D eigenvalue weighted by Gasteiger charge is -2.17. The van der Waals surface area contributed by atoms with Crippen molar-refractivity contribution in [2.75, 3.05) is 25.2 Å². The number of carbonyl (C=O) groups is 2. The molecule has 8 nitrogen and oxygen atoms in total. The smallest absolute Gasteiger partial charge is 0.326 e. The van der Waals surface area contributed by atoms with Crippen LogP contribution in [0.3, 0.4) is 0 Å². The van der Waals surface area contributed by atoms with Gasteiger partial charge in [-0.25, -0.2) is 18.0 Å². The van der Waals surface area contributed by atoms with Crippen molar-refractivity contribution < 1.29 is 27.9 Å². The van der Waals surface area contributed by atoms with Crippen LogP contribution < -0.4 is 10.6 Å². The number of nitrogens with one attached hydrogen (secondary N) is 2. The molecule has 3 N–H and O–H groups in total. The van der Waals surface area contributed by atoms with Crippen LogP contribution in [0.1, 0.15) is 19.8 Å². The fourth-order valence-electron chi connectivity index (χ4n) is 2.07. The molecule has 3 unspecified atom stereocenters. The first-order valence-corrected chi connectivity index (χ1v) is 8.81. The standard InChI is InChI=1S/C12H22N2O6S/c1-8-9(3-5-20-8)7-13-12(17)14-10(11(15)16)4-6-21(2,18)19/h8-10H,3-7H2,1-2H3,(H,15,16)(H2,13,14,17). The number of carbonyl (C=O) groups excluding carboxylic acids is 1. The van der Waals surface area contributed by atoms with Crippen LogP contribution in [0.2, 0.25) is 0 Å². The van der Waals surface area contributed by atoms with Crippen LogP contribution >= 0.6 is 0 Å². The molecule has 0 saturated carbocycles. The topological polar surface area (TPSA) is 122 Å². The van der Waals surface area contributed by atoms with Gasteiger partial charge in [-0.05, 0) is 19.8 Å². The number of urea groups is 1. The van der Waals surface area contributed by atoms with Gasteiger partial charge < -0.3 is 20.5 Å². The second-order valence-corrected chi connectivity index (χ2v) is 7.55. The van der Waals surface area contributed by atoms with E-state index in [0.717, 1.165) is 12.7 Å². The highest BCUT2D eigenvalue weighted by molar-refractivity contribution is 7.90. The molecule has 1 fully saturated rings. The molecule has 0 aromatic heterocycles. The lowest BCUT2D eigenvalue weighted by Crippen LogP contribution is -2.48. The van der Waals surface area contributed by atoms with E-state index in [1.807, 2.05) is 6.92 Å². The SMILES string of the molecule is CC1OCCC1CNC(=O)NC(CCS(C)(=O)=O)C(=O)O. The number of ether oxygens (including phenoxy) is 1. The minimum Gasteiger partial charge on any atom is -0.480 e. The number of sulfone groups is 1. The number of amides is 2. The van der Waals surface area contributed by atoms with Crippen molar-refractivity contribution in [3.05, 3.63) is 0 Å². The Morgan fingerprint density at radius 2 is 2.10 bits per heavy atom. The van der Waals surface area contributed by atoms with Gasteiger partial charge >= 0.3 is 12.0 Å². The first kappa shape index (κ1) is 17.7. The number of hydrogen-bond donors (Lipinski definition) is 3. The third-order valence-corrected chi connectivity index (χ3v) is 4.42. The average molecular weight is 322 g/mol. The second kappa shape index (κ2) is 7.60. The molecule has 122 valence electrons. The normalized spacial score (nSPS) is 23.5. The zero-order chi connectivity index (χ0) is 16.0. The van der Waals surface area contributed by atoms with E-state index in [1.165, 1.54) is 0 Å². The predicted octanol–water partition coefficient (Wildman–Crippen LogP) is -0.401. The lowest BCUT2D eigenvalue weighted by molar-refractivity contribution is -0.139. The van der Waals surface area contributed by atoms with Crippen molar-refractivity contribution in [3.63, 3.8) is 0 Å². The highest BCUT2D eigenvalue weighted by Crippen LogP contribution is 2.19. The van der Waals surface area contributed by atoms with Gasteiger partial charge in [-0.2, -0.15) is 0 Å². The van der Waals surface area contributed by atoms with Gasteiger partial charge in [-0.1, -0.05) is 0 Å². The van der Waals surface area contributed by atoms with Crippen molar-refractivity contribution in [2.24, 2.45) is 5.92 Å². The monoisotopic (exact) mass is 322 g/mol. The fraction of sp³-hybridized carbons (Fsp3) is 0.833. The maximum Gasteiger partial charge on any atom is 0.326 e. The summed E-state index contributed by atoms with van der Waals surface area (Å²) in [6, 6.07) is -1.84. The molecule has 1 heterocycles. The van der Waals surface area contributed by atoms with Crippen LogP contribution in [0.15, 0.2) is 0 Å². The van der Waals surface area contributed by atoms with Crippen LogP contribution in [0.4, 0.5) is 4.79 Å². The molecule has 2 amide bonds. The maximum atomic E-state index is 11.7. The molecule has 1 saturated heterocycles. The summed E-state index contributed by atoms with van der Waals surface area (Å²) in [5.41, 5.74) is 0. The Balaban J connectivity index is 2.39. The summed E-state index contributed by atoms with van der Waals surface area (Å²) >= 11 is 0. The summed E-state index contributed by atoms with van der Waals surface area (Å²) in [4.78, 5) is 22.7. The lowest BCUT2D eigenvalue weighted by atomic mass is 10.0. The quantitative estimate of drug-likeness (QED) is 0.586. The van der Waals surface area contributed by atoms with E-state index in [1.54, 1.807) is 0 Å². The molecule has 1 aliphatic rings. The molecule has 0 bridgehead atoms. The van der Waals surface area contributed by atoms with Gasteiger partial charge in [-0.15, -0.1) is 0 Å². The number of aliphatic carboxylic acids is 1. The zero-order valence-corrected chi connectivity index (χ0v) is 13.0. The molecule has 3 atom stereocenters. The first-order valence-electron chi connectivity index (χ1n) is 6.75. The molecule has 1 aliphatic heterocycles. The first-order chi connectivity index (χ1) is 9.69. The van der Waals surface area contributed by atoms with Crippen molar-refractivity contribution >= 4 is 21.8 Å². The molecular formula is C12H22N2O6S. The minimum absolute atomic E-state index is 0.0609. The molecule has 0 aliphatic carbocycles. The average Bonchev–Trinajstić information content (AvgIpc) is 2.76. The third-order valence-electron chi connectivity index (χ3n) is 3.44. The second-order valence-electron chi connectivity index (χ2n) is 5.29. The van der Waals surface area contributed by atoms with Gasteiger partial charge in [0.05, 0.1) is 11.9 Å². The van der Waals surface area contributed by atoms with Crippen molar-refractivity contribution in [3.8, 4) is 0 Å². The van der Waals surface area contributed by atoms with Gasteiger partial charge in [-0.3, -0.25) is 0 Å². The largest absolute Gasteiger partial charge is 0.480 e. The Kier molecular flexibility index (Phi) is 6.41. The number of rotatable bonds is 7. The van der Waals surface area contributed by atoms with E-state index in [-0.39, 0.29) is 24.2 Å². The summed E-state index contributed by atoms with van der Waals surface area (Å²) in [5.74, 6) is -1.35. The molecule has 0 radical (unpaired) electrons. The predicted molar refractivity (Wildman–Crippen MR) is 75.8 cm³/mol. The van der Waals surface area contributed by atoms with Crippen LogP contribution in [0, 0.1) is 5.92 Å². The summed E-state index contributed by atoms with van der Waals surface area (Å²) in [7, 11) is -3.27. The molecule has 0 spiro atoms. The van der Waals surface area contributed by atoms with E-state index >= 15 is 0 Å². The summed E-state index contributed by atoms with van der Waals surface area (Å²) in [6.45, 7) is 2.97. The van der Waals surface area contributed by atoms with Crippen molar-refractivity contribution in [1.29, 1.82) is 0 Å². The highest BCUT2D eigenvalue weighted by Gasteiger charge is 2.26. The molecule has 9 heteroatoms. The number of carboxylic acids is 1. The van der Waals surface area contributed by atoms with E-state index in [0.29, 0.717) is 13.2 Å². The summed E-state index contributed by atoms with van der Waals surface area (Å²) in [5, 5.41) is 13.9. The van der Waals surface area contributed by atoms with Gasteiger partial charge in [0.15, 0.2) is 0 Å². The molecule has 21 heavy (non-hydrogen) atoms. The number of hydrogen-bond acceptors (Lipinski definition) is 5. The molecule has 0 aromatic carbocycles. The molecule has 0 aromatic rings. The fourth-order valence-corrected chi connectivity index (χ4v) is 2.73. The van der Waals surface area contributed by atoms with Crippen molar-refractivity contribution in [2.45, 2.75) is 31.9 Å². The Morgan fingerprint density at radius 3 is 2.57 bits per heavy atom. The van der Waals surface area contributed by atoms with Crippen LogP contribution in [-0.2, 0) is 19.4 Å². The van der Waals surface area contributed by atoms with Gasteiger partial charge in [0.25, 0.3) is 0 Å². The maximum absolute atomic E-state index is 11.7. The Labute approximate surface area is 124 Å². The molecular weight excluding hydrogens is 300 g/mol. The van der Waals surface area contributed by atoms with Crippen molar-refractivity contribution in [1.82, 2.24) is 10.6 Å². The van der Waals surface area contributed by atoms with E-state index < -0.39 is 27.9 Å². The van der Waals surface area contributed by atoms with E-state index in [4.69, 9.17) is 9.84 Å². The minimum atomic E-state index is -3.27. The molecule has 1 rings (SSSR count). The van der Waals surface area contributed by atoms with Crippen LogP contribution in [-0.4, -0.2) is 62.8 Å². The van der Waals surface area contributed by atoms with Crippen LogP contribution in [0.25, 0.3) is 0 Å². The Morgan fingerprint density at radius 1 is 1.43 bits per heavy atom. The Hall–Kier alpha value is -1.35. The van der Waals surface area contributed by atoms with Crippen LogP contribution in [0.5, 0.6) is 0 Å². The van der Waals surface area contributed by atoms with E-state index in [9.17, 15) is 18.0 Å². The van der Waals surface area contributed by atoms with Gasteiger partial charge in [0.1, 0.15) is 15.9 Å². The summed E-state index contributed by atoms with van der Waals surface area (Å²) in [6.07, 6.45) is 1.77. The van der Waals surface area contributed by atoms with E-state index in [2.05, 4.69) is 10.6 Å². The zero-order valence-electron chi connectivity index (χ0n) is 12.2. The van der Waals surface area contributed by atoms with Gasteiger partial charge in [0.2, 0.25) is 0 Å². The highest BCUT2D eigenvalue weighted by atomic mass is 32.2. The third kappa shape index (κ3) is 6.76.